The fourth-order valence-corrected chi connectivity index (χ4v) is 4.50. The highest BCUT2D eigenvalue weighted by atomic mass is 32.2. The van der Waals surface area contributed by atoms with E-state index in [9.17, 15) is 17.6 Å². The lowest BCUT2D eigenvalue weighted by Crippen LogP contribution is -2.45. The van der Waals surface area contributed by atoms with Crippen molar-refractivity contribution in [1.82, 2.24) is 14.5 Å². The van der Waals surface area contributed by atoms with Crippen molar-refractivity contribution in [2.24, 2.45) is 0 Å². The Bertz CT molecular complexity index is 907. The van der Waals surface area contributed by atoms with Crippen molar-refractivity contribution >= 4 is 21.7 Å². The maximum atomic E-state index is 13.3. The normalized spacial score (nSPS) is 15.8. The van der Waals surface area contributed by atoms with Crippen molar-refractivity contribution < 1.29 is 17.6 Å². The summed E-state index contributed by atoms with van der Waals surface area (Å²) < 4.78 is 38.9. The number of carbonyl (C=O) groups excluding carboxylic acids is 1. The largest absolute Gasteiger partial charge is 0.308 e. The Hall–Kier alpha value is -2.26. The second kappa shape index (κ2) is 8.18. The molecular weight excluding hydrogens is 371 g/mol. The number of halogens is 1. The molecule has 0 spiro atoms. The molecule has 1 aliphatic rings. The number of benzene rings is 1. The maximum Gasteiger partial charge on any atom is 0.240 e. The maximum absolute atomic E-state index is 13.3. The zero-order valence-corrected chi connectivity index (χ0v) is 15.9. The molecule has 7 nitrogen and oxygen atoms in total. The van der Waals surface area contributed by atoms with Crippen molar-refractivity contribution in [2.45, 2.75) is 38.1 Å². The van der Waals surface area contributed by atoms with Gasteiger partial charge in [0.25, 0.3) is 0 Å². The molecule has 1 saturated carbocycles. The molecule has 1 fully saturated rings. The van der Waals surface area contributed by atoms with E-state index in [1.165, 1.54) is 16.4 Å². The molecule has 1 amide bonds. The molecule has 1 heterocycles. The van der Waals surface area contributed by atoms with Crippen molar-refractivity contribution in [1.29, 1.82) is 0 Å². The van der Waals surface area contributed by atoms with Crippen LogP contribution in [-0.2, 0) is 14.8 Å². The molecule has 2 aromatic rings. The van der Waals surface area contributed by atoms with Gasteiger partial charge in [-0.1, -0.05) is 31.4 Å². The highest BCUT2D eigenvalue weighted by molar-refractivity contribution is 7.88. The van der Waals surface area contributed by atoms with Gasteiger partial charge in [-0.05, 0) is 25.0 Å². The Kier molecular flexibility index (Phi) is 5.91. The van der Waals surface area contributed by atoms with E-state index in [-0.39, 0.29) is 24.2 Å². The summed E-state index contributed by atoms with van der Waals surface area (Å²) in [5.41, 5.74) is 1.15. The van der Waals surface area contributed by atoms with Gasteiger partial charge in [0.2, 0.25) is 15.9 Å². The first kappa shape index (κ1) is 19.5. The molecule has 0 radical (unpaired) electrons. The summed E-state index contributed by atoms with van der Waals surface area (Å²) in [4.78, 5) is 12.4. The van der Waals surface area contributed by atoms with Crippen LogP contribution in [0, 0.1) is 5.82 Å². The number of carbonyl (C=O) groups is 1. The molecule has 3 rings (SSSR count). The first-order valence-electron chi connectivity index (χ1n) is 8.91. The topological polar surface area (TPSA) is 95.2 Å². The van der Waals surface area contributed by atoms with Gasteiger partial charge in [0.05, 0.1) is 18.5 Å². The third-order valence-electron chi connectivity index (χ3n) is 4.69. The van der Waals surface area contributed by atoms with Gasteiger partial charge >= 0.3 is 0 Å². The number of nitrogens with zero attached hydrogens (tertiary/aromatic N) is 2. The van der Waals surface area contributed by atoms with Crippen LogP contribution < -0.4 is 5.32 Å². The predicted molar refractivity (Wildman–Crippen MR) is 101 cm³/mol. The van der Waals surface area contributed by atoms with Gasteiger partial charge in [-0.3, -0.25) is 9.89 Å². The Labute approximate surface area is 158 Å². The number of nitrogens with one attached hydrogen (secondary N) is 2. The minimum atomic E-state index is -3.49. The number of rotatable bonds is 6. The van der Waals surface area contributed by atoms with E-state index in [1.807, 2.05) is 0 Å². The van der Waals surface area contributed by atoms with E-state index in [1.54, 1.807) is 18.2 Å². The van der Waals surface area contributed by atoms with E-state index in [0.29, 0.717) is 11.3 Å². The number of aromatic amines is 1. The zero-order valence-electron chi connectivity index (χ0n) is 15.1. The van der Waals surface area contributed by atoms with Crippen LogP contribution in [0.5, 0.6) is 0 Å². The average molecular weight is 394 g/mol. The Morgan fingerprint density at radius 2 is 2.04 bits per heavy atom. The summed E-state index contributed by atoms with van der Waals surface area (Å²) >= 11 is 0. The molecule has 0 atom stereocenters. The molecule has 9 heteroatoms. The number of H-pyrrole nitrogens is 1. The minimum absolute atomic E-state index is 0.137. The molecule has 0 aliphatic heterocycles. The molecule has 146 valence electrons. The first-order valence-corrected chi connectivity index (χ1v) is 10.8. The molecule has 0 saturated heterocycles. The lowest BCUT2D eigenvalue weighted by Gasteiger charge is -2.31. The second-order valence-corrected chi connectivity index (χ2v) is 8.76. The Balaban J connectivity index is 1.67. The van der Waals surface area contributed by atoms with Gasteiger partial charge in [-0.2, -0.15) is 9.40 Å². The molecule has 2 N–H and O–H groups in total. The summed E-state index contributed by atoms with van der Waals surface area (Å²) in [7, 11) is -3.49. The van der Waals surface area contributed by atoms with Crippen LogP contribution in [0.25, 0.3) is 11.3 Å². The summed E-state index contributed by atoms with van der Waals surface area (Å²) in [5.74, 6) is -0.566. The van der Waals surface area contributed by atoms with E-state index >= 15 is 0 Å². The lowest BCUT2D eigenvalue weighted by atomic mass is 9.95. The summed E-state index contributed by atoms with van der Waals surface area (Å²) in [5, 5.41) is 9.34. The summed E-state index contributed by atoms with van der Waals surface area (Å²) in [6, 6.07) is 7.44. The quantitative estimate of drug-likeness (QED) is 0.788. The number of hydrogen-bond acceptors (Lipinski definition) is 4. The number of hydrogen-bond donors (Lipinski definition) is 2. The van der Waals surface area contributed by atoms with Gasteiger partial charge in [-0.15, -0.1) is 0 Å². The minimum Gasteiger partial charge on any atom is -0.308 e. The van der Waals surface area contributed by atoms with Gasteiger partial charge in [-0.25, -0.2) is 12.8 Å². The van der Waals surface area contributed by atoms with Crippen LogP contribution >= 0.6 is 0 Å². The third kappa shape index (κ3) is 5.14. The van der Waals surface area contributed by atoms with E-state index in [0.717, 1.165) is 38.4 Å². The summed E-state index contributed by atoms with van der Waals surface area (Å²) in [6.45, 7) is -0.244. The number of sulfonamides is 1. The SMILES string of the molecule is CS(=O)(=O)N(CC(=O)Nc1cc(-c2cccc(F)c2)[nH]n1)C1CCCCC1. The lowest BCUT2D eigenvalue weighted by molar-refractivity contribution is -0.116. The van der Waals surface area contributed by atoms with Crippen LogP contribution in [0.15, 0.2) is 30.3 Å². The van der Waals surface area contributed by atoms with Crippen LogP contribution in [-0.4, -0.2) is 47.7 Å². The fraction of sp³-hybridized carbons (Fsp3) is 0.444. The van der Waals surface area contributed by atoms with E-state index in [4.69, 9.17) is 0 Å². The van der Waals surface area contributed by atoms with Crippen LogP contribution in [0.3, 0.4) is 0 Å². The van der Waals surface area contributed by atoms with Gasteiger partial charge in [0.15, 0.2) is 5.82 Å². The highest BCUT2D eigenvalue weighted by Gasteiger charge is 2.30. The zero-order chi connectivity index (χ0) is 19.4. The third-order valence-corrected chi connectivity index (χ3v) is 5.97. The smallest absolute Gasteiger partial charge is 0.240 e. The molecule has 1 aromatic carbocycles. The van der Waals surface area contributed by atoms with Gasteiger partial charge in [0.1, 0.15) is 5.82 Å². The van der Waals surface area contributed by atoms with Crippen molar-refractivity contribution in [2.75, 3.05) is 18.1 Å². The Morgan fingerprint density at radius 3 is 2.70 bits per heavy atom. The standard InChI is InChI=1S/C18H23FN4O3S/c1-27(25,26)23(15-8-3-2-4-9-15)12-18(24)20-17-11-16(21-22-17)13-6-5-7-14(19)10-13/h5-7,10-11,15H,2-4,8-9,12H2,1H3,(H2,20,21,22,24). The van der Waals surface area contributed by atoms with Crippen molar-refractivity contribution in [3.63, 3.8) is 0 Å². The first-order chi connectivity index (χ1) is 12.8. The molecule has 27 heavy (non-hydrogen) atoms. The molecule has 1 aromatic heterocycles. The Morgan fingerprint density at radius 1 is 1.30 bits per heavy atom. The second-order valence-electron chi connectivity index (χ2n) is 6.83. The molecule has 1 aliphatic carbocycles. The monoisotopic (exact) mass is 394 g/mol. The highest BCUT2D eigenvalue weighted by Crippen LogP contribution is 2.25. The van der Waals surface area contributed by atoms with E-state index in [2.05, 4.69) is 15.5 Å². The number of aromatic nitrogens is 2. The van der Waals surface area contributed by atoms with Crippen LogP contribution in [0.4, 0.5) is 10.2 Å². The van der Waals surface area contributed by atoms with Crippen molar-refractivity contribution in [3.8, 4) is 11.3 Å². The van der Waals surface area contributed by atoms with E-state index < -0.39 is 15.9 Å². The van der Waals surface area contributed by atoms with Gasteiger partial charge in [0, 0.05) is 17.7 Å². The van der Waals surface area contributed by atoms with Crippen molar-refractivity contribution in [3.05, 3.63) is 36.1 Å². The number of anilines is 1. The molecular formula is C18H23FN4O3S. The predicted octanol–water partition coefficient (Wildman–Crippen LogP) is 2.75. The molecule has 0 unspecified atom stereocenters. The number of amides is 1. The average Bonchev–Trinajstić information content (AvgIpc) is 3.08. The van der Waals surface area contributed by atoms with Crippen LogP contribution in [0.1, 0.15) is 32.1 Å². The molecule has 0 bridgehead atoms. The van der Waals surface area contributed by atoms with Crippen LogP contribution in [0.2, 0.25) is 0 Å². The van der Waals surface area contributed by atoms with Gasteiger partial charge < -0.3 is 5.32 Å². The summed E-state index contributed by atoms with van der Waals surface area (Å²) in [6.07, 6.45) is 5.70. The fourth-order valence-electron chi connectivity index (χ4n) is 3.40.